The van der Waals surface area contributed by atoms with Crippen LogP contribution in [-0.4, -0.2) is 32.5 Å². The van der Waals surface area contributed by atoms with Crippen molar-refractivity contribution in [1.82, 2.24) is 0 Å². The molecule has 0 aliphatic rings. The highest BCUT2D eigenvalue weighted by Crippen LogP contribution is 2.15. The van der Waals surface area contributed by atoms with Gasteiger partial charge in [-0.15, -0.1) is 0 Å². The Morgan fingerprint density at radius 3 is 1.23 bits per heavy atom. The maximum Gasteiger partial charge on any atom is 0.302 e. The molecule has 0 saturated heterocycles. The van der Waals surface area contributed by atoms with Gasteiger partial charge in [-0.05, 0) is 6.42 Å². The van der Waals surface area contributed by atoms with Gasteiger partial charge >= 0.3 is 5.97 Å². The standard InChI is InChI=1S/C18H38O4/c1-2-3-4-5-6-7-8-9-10-11-12-13-14-15-16-17(19)18(20,21)22/h17,19-22H,2-16H2,1H3. The van der Waals surface area contributed by atoms with Crippen molar-refractivity contribution in [3.63, 3.8) is 0 Å². The summed E-state index contributed by atoms with van der Waals surface area (Å²) in [6, 6.07) is 0. The van der Waals surface area contributed by atoms with Gasteiger partial charge in [0.15, 0.2) is 0 Å². The van der Waals surface area contributed by atoms with E-state index < -0.39 is 12.1 Å². The van der Waals surface area contributed by atoms with Crippen LogP contribution in [0.3, 0.4) is 0 Å². The third-order valence-corrected chi connectivity index (χ3v) is 4.28. The van der Waals surface area contributed by atoms with Gasteiger partial charge in [0.05, 0.1) is 0 Å². The van der Waals surface area contributed by atoms with Crippen LogP contribution >= 0.6 is 0 Å². The Morgan fingerprint density at radius 2 is 0.909 bits per heavy atom. The van der Waals surface area contributed by atoms with Crippen LogP contribution in [-0.2, 0) is 0 Å². The monoisotopic (exact) mass is 318 g/mol. The van der Waals surface area contributed by atoms with E-state index in [0.717, 1.165) is 12.8 Å². The molecule has 0 aliphatic carbocycles. The zero-order valence-corrected chi connectivity index (χ0v) is 14.5. The van der Waals surface area contributed by atoms with Crippen LogP contribution < -0.4 is 0 Å². The number of aliphatic hydroxyl groups is 4. The minimum Gasteiger partial charge on any atom is -0.385 e. The van der Waals surface area contributed by atoms with E-state index in [0.29, 0.717) is 6.42 Å². The minimum absolute atomic E-state index is 0.224. The molecular weight excluding hydrogens is 280 g/mol. The van der Waals surface area contributed by atoms with E-state index in [1.807, 2.05) is 0 Å². The summed E-state index contributed by atoms with van der Waals surface area (Å²) in [4.78, 5) is 0. The SMILES string of the molecule is CCCCCCCCCCCCCCCCC(O)C(O)(O)O. The largest absolute Gasteiger partial charge is 0.385 e. The number of hydrogen-bond acceptors (Lipinski definition) is 4. The Bertz CT molecular complexity index is 226. The highest BCUT2D eigenvalue weighted by Gasteiger charge is 2.29. The third kappa shape index (κ3) is 14.8. The van der Waals surface area contributed by atoms with E-state index in [9.17, 15) is 5.11 Å². The molecule has 0 aliphatic heterocycles. The summed E-state index contributed by atoms with van der Waals surface area (Å²) in [6.45, 7) is 2.25. The third-order valence-electron chi connectivity index (χ3n) is 4.28. The van der Waals surface area contributed by atoms with Crippen LogP contribution in [0.25, 0.3) is 0 Å². The number of unbranched alkanes of at least 4 members (excludes halogenated alkanes) is 13. The lowest BCUT2D eigenvalue weighted by Crippen LogP contribution is -2.41. The van der Waals surface area contributed by atoms with Gasteiger partial charge < -0.3 is 20.4 Å². The van der Waals surface area contributed by atoms with E-state index >= 15 is 0 Å². The minimum atomic E-state index is -2.95. The first-order valence-electron chi connectivity index (χ1n) is 9.33. The Hall–Kier alpha value is -0.160. The molecule has 1 unspecified atom stereocenters. The normalized spacial score (nSPS) is 13.5. The first-order chi connectivity index (χ1) is 10.5. The molecule has 0 rings (SSSR count). The second-order valence-electron chi connectivity index (χ2n) is 6.59. The number of rotatable bonds is 16. The van der Waals surface area contributed by atoms with Crippen LogP contribution in [0.15, 0.2) is 0 Å². The maximum atomic E-state index is 9.23. The lowest BCUT2D eigenvalue weighted by Gasteiger charge is -2.20. The number of hydrogen-bond donors (Lipinski definition) is 4. The fourth-order valence-corrected chi connectivity index (χ4v) is 2.73. The van der Waals surface area contributed by atoms with E-state index in [-0.39, 0.29) is 6.42 Å². The van der Waals surface area contributed by atoms with Crippen LogP contribution in [0.4, 0.5) is 0 Å². The summed E-state index contributed by atoms with van der Waals surface area (Å²) in [7, 11) is 0. The molecule has 0 amide bonds. The van der Waals surface area contributed by atoms with E-state index in [1.54, 1.807) is 0 Å². The van der Waals surface area contributed by atoms with Crippen molar-refractivity contribution in [3.05, 3.63) is 0 Å². The van der Waals surface area contributed by atoms with Crippen molar-refractivity contribution in [2.45, 2.75) is 115 Å². The summed E-state index contributed by atoms with van der Waals surface area (Å²) in [5, 5.41) is 35.5. The zero-order chi connectivity index (χ0) is 16.7. The van der Waals surface area contributed by atoms with Gasteiger partial charge in [-0.3, -0.25) is 0 Å². The van der Waals surface area contributed by atoms with E-state index in [1.165, 1.54) is 70.6 Å². The Morgan fingerprint density at radius 1 is 0.591 bits per heavy atom. The molecule has 4 heteroatoms. The van der Waals surface area contributed by atoms with Crippen LogP contribution in [0.5, 0.6) is 0 Å². The van der Waals surface area contributed by atoms with Gasteiger partial charge in [0.2, 0.25) is 0 Å². The lowest BCUT2D eigenvalue weighted by molar-refractivity contribution is -0.355. The van der Waals surface area contributed by atoms with Crippen molar-refractivity contribution in [1.29, 1.82) is 0 Å². The summed E-state index contributed by atoms with van der Waals surface area (Å²) >= 11 is 0. The van der Waals surface area contributed by atoms with Crippen molar-refractivity contribution >= 4 is 0 Å². The average molecular weight is 318 g/mol. The van der Waals surface area contributed by atoms with Gasteiger partial charge in [-0.25, -0.2) is 0 Å². The zero-order valence-electron chi connectivity index (χ0n) is 14.5. The van der Waals surface area contributed by atoms with Crippen LogP contribution in [0.2, 0.25) is 0 Å². The molecule has 0 bridgehead atoms. The Balaban J connectivity index is 3.12. The first-order valence-corrected chi connectivity index (χ1v) is 9.33. The average Bonchev–Trinajstić information content (AvgIpc) is 2.46. The van der Waals surface area contributed by atoms with Crippen LogP contribution in [0, 0.1) is 0 Å². The molecule has 0 fully saturated rings. The smallest absolute Gasteiger partial charge is 0.302 e. The van der Waals surface area contributed by atoms with Crippen molar-refractivity contribution in [3.8, 4) is 0 Å². The van der Waals surface area contributed by atoms with Crippen molar-refractivity contribution < 1.29 is 20.4 Å². The quantitative estimate of drug-likeness (QED) is 0.257. The molecule has 0 aromatic carbocycles. The van der Waals surface area contributed by atoms with Gasteiger partial charge in [0.1, 0.15) is 6.10 Å². The second kappa shape index (κ2) is 14.4. The highest BCUT2D eigenvalue weighted by molar-refractivity contribution is 4.63. The van der Waals surface area contributed by atoms with Crippen molar-refractivity contribution in [2.24, 2.45) is 0 Å². The predicted molar refractivity (Wildman–Crippen MR) is 90.3 cm³/mol. The molecule has 0 heterocycles. The molecule has 134 valence electrons. The van der Waals surface area contributed by atoms with E-state index in [2.05, 4.69) is 6.92 Å². The molecule has 0 radical (unpaired) electrons. The molecular formula is C18H38O4. The fraction of sp³-hybridized carbons (Fsp3) is 1.00. The Kier molecular flexibility index (Phi) is 14.3. The maximum absolute atomic E-state index is 9.23. The molecule has 0 saturated carbocycles. The van der Waals surface area contributed by atoms with Gasteiger partial charge in [-0.2, -0.15) is 0 Å². The fourth-order valence-electron chi connectivity index (χ4n) is 2.73. The summed E-state index contributed by atoms with van der Waals surface area (Å²) < 4.78 is 0. The van der Waals surface area contributed by atoms with Crippen LogP contribution in [0.1, 0.15) is 103 Å². The second-order valence-corrected chi connectivity index (χ2v) is 6.59. The molecule has 0 aromatic rings. The summed E-state index contributed by atoms with van der Waals surface area (Å²) in [5.74, 6) is -2.95. The molecule has 0 spiro atoms. The molecule has 22 heavy (non-hydrogen) atoms. The van der Waals surface area contributed by atoms with Gasteiger partial charge in [-0.1, -0.05) is 96.8 Å². The summed E-state index contributed by atoms with van der Waals surface area (Å²) in [5.41, 5.74) is 0. The first kappa shape index (κ1) is 21.8. The predicted octanol–water partition coefficient (Wildman–Crippen LogP) is 3.85. The summed E-state index contributed by atoms with van der Waals surface area (Å²) in [6.07, 6.45) is 16.3. The van der Waals surface area contributed by atoms with Gasteiger partial charge in [0, 0.05) is 0 Å². The topological polar surface area (TPSA) is 80.9 Å². The van der Waals surface area contributed by atoms with Gasteiger partial charge in [0.25, 0.3) is 0 Å². The highest BCUT2D eigenvalue weighted by atomic mass is 16.7. The molecule has 4 N–H and O–H groups in total. The van der Waals surface area contributed by atoms with E-state index in [4.69, 9.17) is 15.3 Å². The molecule has 4 nitrogen and oxygen atoms in total. The molecule has 1 atom stereocenters. The molecule has 0 aromatic heterocycles. The van der Waals surface area contributed by atoms with Crippen molar-refractivity contribution in [2.75, 3.05) is 0 Å². The Labute approximate surface area is 136 Å². The number of aliphatic hydroxyl groups excluding tert-OH is 1. The lowest BCUT2D eigenvalue weighted by atomic mass is 10.0.